The van der Waals surface area contributed by atoms with E-state index in [0.29, 0.717) is 6.54 Å². The normalized spacial score (nSPS) is 11.1. The molecule has 0 aromatic heterocycles. The summed E-state index contributed by atoms with van der Waals surface area (Å²) >= 11 is 3.35. The van der Waals surface area contributed by atoms with Crippen LogP contribution in [-0.4, -0.2) is 21.7 Å². The van der Waals surface area contributed by atoms with Crippen LogP contribution < -0.4 is 0 Å². The number of alkyl halides is 1. The Labute approximate surface area is 145 Å². The van der Waals surface area contributed by atoms with E-state index in [2.05, 4.69) is 15.9 Å². The van der Waals surface area contributed by atoms with Gasteiger partial charge >= 0.3 is 0 Å². The molecule has 3 nitrogen and oxygen atoms in total. The summed E-state index contributed by atoms with van der Waals surface area (Å²) in [4.78, 5) is 13.7. The first-order valence-electron chi connectivity index (χ1n) is 7.44. The first kappa shape index (κ1) is 17.2. The van der Waals surface area contributed by atoms with Crippen molar-refractivity contribution in [1.82, 2.24) is 4.90 Å². The van der Waals surface area contributed by atoms with E-state index in [1.165, 1.54) is 4.90 Å². The fraction of sp³-hybridized carbons (Fsp3) is 0.263. The summed E-state index contributed by atoms with van der Waals surface area (Å²) in [6, 6.07) is 19.9. The molecule has 4 heteroatoms. The van der Waals surface area contributed by atoms with Crippen molar-refractivity contribution in [2.24, 2.45) is 0 Å². The van der Waals surface area contributed by atoms with Crippen molar-refractivity contribution < 1.29 is 4.79 Å². The fourth-order valence-electron chi connectivity index (χ4n) is 2.45. The van der Waals surface area contributed by atoms with Crippen molar-refractivity contribution in [3.05, 3.63) is 71.8 Å². The van der Waals surface area contributed by atoms with E-state index in [9.17, 15) is 10.1 Å². The molecule has 0 heterocycles. The van der Waals surface area contributed by atoms with Crippen LogP contribution in [0.4, 0.5) is 0 Å². The van der Waals surface area contributed by atoms with Crippen molar-refractivity contribution in [3.8, 4) is 6.19 Å². The van der Waals surface area contributed by atoms with Crippen molar-refractivity contribution >= 4 is 21.8 Å². The van der Waals surface area contributed by atoms with E-state index in [4.69, 9.17) is 0 Å². The summed E-state index contributed by atoms with van der Waals surface area (Å²) in [5.74, 6) is -0.285. The highest BCUT2D eigenvalue weighted by Gasteiger charge is 2.31. The maximum absolute atomic E-state index is 12.5. The van der Waals surface area contributed by atoms with Gasteiger partial charge in [0.1, 0.15) is 0 Å². The molecule has 2 aromatic rings. The second-order valence-corrected chi connectivity index (χ2v) is 7.84. The molecule has 118 valence electrons. The predicted octanol–water partition coefficient (Wildman–Crippen LogP) is 4.30. The van der Waals surface area contributed by atoms with Crippen LogP contribution in [0.1, 0.15) is 30.9 Å². The van der Waals surface area contributed by atoms with Gasteiger partial charge in [-0.25, -0.2) is 4.90 Å². The van der Waals surface area contributed by atoms with Gasteiger partial charge < -0.3 is 0 Å². The first-order chi connectivity index (χ1) is 10.9. The number of benzene rings is 2. The van der Waals surface area contributed by atoms with Gasteiger partial charge in [-0.2, -0.15) is 5.26 Å². The molecule has 0 unspecified atom stereocenters. The number of rotatable bonds is 5. The lowest BCUT2D eigenvalue weighted by Crippen LogP contribution is -2.40. The van der Waals surface area contributed by atoms with Crippen molar-refractivity contribution in [3.63, 3.8) is 0 Å². The summed E-state index contributed by atoms with van der Waals surface area (Å²) in [5.41, 5.74) is 2.17. The van der Waals surface area contributed by atoms with Gasteiger partial charge in [0, 0.05) is 12.5 Å². The molecule has 0 bridgehead atoms. The number of carbonyl (C=O) groups excluding carboxylic acids is 1. The zero-order chi connectivity index (χ0) is 16.9. The maximum Gasteiger partial charge on any atom is 0.251 e. The third-order valence-corrected chi connectivity index (χ3v) is 3.98. The van der Waals surface area contributed by atoms with Crippen LogP contribution in [0, 0.1) is 11.5 Å². The van der Waals surface area contributed by atoms with E-state index >= 15 is 0 Å². The number of hydrogen-bond acceptors (Lipinski definition) is 2. The van der Waals surface area contributed by atoms with Gasteiger partial charge in [0.15, 0.2) is 6.19 Å². The molecule has 2 aromatic carbocycles. The van der Waals surface area contributed by atoms with Gasteiger partial charge in [-0.1, -0.05) is 76.6 Å². The minimum atomic E-state index is -0.763. The standard InChI is InChI=1S/C19H19BrN2O/c1-19(2,20)18(23)22(14-21)13-17(15-9-5-3-6-10-15)16-11-7-4-8-12-16/h3-12,17H,13H2,1-2H3. The molecular formula is C19H19BrN2O. The Kier molecular flexibility index (Phi) is 5.57. The van der Waals surface area contributed by atoms with Crippen LogP contribution in [0.25, 0.3) is 0 Å². The van der Waals surface area contributed by atoms with Gasteiger partial charge in [0.05, 0.1) is 4.32 Å². The second-order valence-electron chi connectivity index (χ2n) is 5.86. The minimum Gasteiger partial charge on any atom is -0.272 e. The molecule has 0 saturated carbocycles. The topological polar surface area (TPSA) is 44.1 Å². The smallest absolute Gasteiger partial charge is 0.251 e. The van der Waals surface area contributed by atoms with Crippen LogP contribution in [0.3, 0.4) is 0 Å². The quantitative estimate of drug-likeness (QED) is 0.447. The Hall–Kier alpha value is -2.12. The van der Waals surface area contributed by atoms with Crippen molar-refractivity contribution in [2.45, 2.75) is 24.1 Å². The molecule has 0 aliphatic rings. The summed E-state index contributed by atoms with van der Waals surface area (Å²) in [5, 5.41) is 9.44. The third kappa shape index (κ3) is 4.43. The summed E-state index contributed by atoms with van der Waals surface area (Å²) < 4.78 is -0.763. The minimum absolute atomic E-state index is 0.0455. The molecule has 0 N–H and O–H groups in total. The molecule has 0 fully saturated rings. The van der Waals surface area contributed by atoms with Crippen LogP contribution in [0.5, 0.6) is 0 Å². The van der Waals surface area contributed by atoms with E-state index in [0.717, 1.165) is 11.1 Å². The monoisotopic (exact) mass is 370 g/mol. The van der Waals surface area contributed by atoms with E-state index < -0.39 is 4.32 Å². The number of hydrogen-bond donors (Lipinski definition) is 0. The molecule has 2 rings (SSSR count). The van der Waals surface area contributed by atoms with Gasteiger partial charge in [-0.05, 0) is 25.0 Å². The molecule has 0 spiro atoms. The van der Waals surface area contributed by atoms with Crippen LogP contribution >= 0.6 is 15.9 Å². The highest BCUT2D eigenvalue weighted by Crippen LogP contribution is 2.27. The van der Waals surface area contributed by atoms with Gasteiger partial charge in [0.25, 0.3) is 5.91 Å². The number of amides is 1. The van der Waals surface area contributed by atoms with Crippen LogP contribution in [0.2, 0.25) is 0 Å². The summed E-state index contributed by atoms with van der Waals surface area (Å²) in [6.45, 7) is 3.82. The highest BCUT2D eigenvalue weighted by molar-refractivity contribution is 9.10. The molecule has 0 atom stereocenters. The Morgan fingerprint density at radius 2 is 1.52 bits per heavy atom. The lowest BCUT2D eigenvalue weighted by atomic mass is 9.90. The zero-order valence-corrected chi connectivity index (χ0v) is 14.8. The summed E-state index contributed by atoms with van der Waals surface area (Å²) in [7, 11) is 0. The number of nitriles is 1. The molecule has 1 amide bonds. The Morgan fingerprint density at radius 1 is 1.09 bits per heavy atom. The largest absolute Gasteiger partial charge is 0.272 e. The lowest BCUT2D eigenvalue weighted by molar-refractivity contribution is -0.129. The van der Waals surface area contributed by atoms with Gasteiger partial charge in [-0.3, -0.25) is 4.79 Å². The third-order valence-electron chi connectivity index (χ3n) is 3.64. The average molecular weight is 371 g/mol. The first-order valence-corrected chi connectivity index (χ1v) is 8.23. The van der Waals surface area contributed by atoms with Crippen LogP contribution in [-0.2, 0) is 4.79 Å². The molecule has 0 aliphatic heterocycles. The number of carbonyl (C=O) groups is 1. The number of nitrogens with zero attached hydrogens (tertiary/aromatic N) is 2. The van der Waals surface area contributed by atoms with Crippen LogP contribution in [0.15, 0.2) is 60.7 Å². The summed E-state index contributed by atoms with van der Waals surface area (Å²) in [6.07, 6.45) is 2.03. The van der Waals surface area contributed by atoms with Crippen molar-refractivity contribution in [2.75, 3.05) is 6.54 Å². The fourth-order valence-corrected chi connectivity index (χ4v) is 2.66. The van der Waals surface area contributed by atoms with Gasteiger partial charge in [0.2, 0.25) is 0 Å². The van der Waals surface area contributed by atoms with Gasteiger partial charge in [-0.15, -0.1) is 0 Å². The molecule has 23 heavy (non-hydrogen) atoms. The Morgan fingerprint density at radius 3 is 1.87 bits per heavy atom. The average Bonchev–Trinajstić information content (AvgIpc) is 2.56. The van der Waals surface area contributed by atoms with E-state index in [1.54, 1.807) is 13.8 Å². The Balaban J connectivity index is 2.36. The maximum atomic E-state index is 12.5. The van der Waals surface area contributed by atoms with E-state index in [1.807, 2.05) is 66.9 Å². The lowest BCUT2D eigenvalue weighted by Gasteiger charge is -2.26. The molecule has 0 radical (unpaired) electrons. The van der Waals surface area contributed by atoms with Crippen molar-refractivity contribution in [1.29, 1.82) is 5.26 Å². The SMILES string of the molecule is CC(C)(Br)C(=O)N(C#N)CC(c1ccccc1)c1ccccc1. The van der Waals surface area contributed by atoms with E-state index in [-0.39, 0.29) is 11.8 Å². The second kappa shape index (κ2) is 7.43. The highest BCUT2D eigenvalue weighted by atomic mass is 79.9. The molecule has 0 aliphatic carbocycles. The Bertz CT molecular complexity index is 647. The molecule has 0 saturated heterocycles. The zero-order valence-electron chi connectivity index (χ0n) is 13.2. The number of halogens is 1. The predicted molar refractivity (Wildman–Crippen MR) is 95.1 cm³/mol. The molecular weight excluding hydrogens is 352 g/mol.